The summed E-state index contributed by atoms with van der Waals surface area (Å²) in [5, 5.41) is 8.99. The number of rotatable bonds is 4. The Bertz CT molecular complexity index is 793. The van der Waals surface area contributed by atoms with Crippen molar-refractivity contribution < 1.29 is 19.4 Å². The van der Waals surface area contributed by atoms with Gasteiger partial charge in [-0.25, -0.2) is 4.79 Å². The molecule has 0 spiro atoms. The van der Waals surface area contributed by atoms with E-state index in [1.54, 1.807) is 24.1 Å². The van der Waals surface area contributed by atoms with E-state index >= 15 is 0 Å². The Hall–Kier alpha value is -3.08. The molecule has 1 heterocycles. The first kappa shape index (κ1) is 14.8. The maximum Gasteiger partial charge on any atom is 0.329 e. The first-order valence-electron chi connectivity index (χ1n) is 7.09. The second kappa shape index (κ2) is 5.96. The standard InChI is InChI=1S/C18H15NO4/c1-23-13-8-6-12(7-9-13)11-19-16-5-3-2-4-14(16)15(18(19)22)10-17(20)21/h2-10H,11H2,1H3,(H,20,21). The molecule has 0 aromatic heterocycles. The molecule has 2 aromatic carbocycles. The predicted octanol–water partition coefficient (Wildman–Crippen LogP) is 2.71. The number of anilines is 1. The zero-order valence-corrected chi connectivity index (χ0v) is 12.5. The van der Waals surface area contributed by atoms with Gasteiger partial charge in [0.15, 0.2) is 0 Å². The molecule has 0 bridgehead atoms. The third-order valence-corrected chi connectivity index (χ3v) is 3.73. The van der Waals surface area contributed by atoms with Gasteiger partial charge in [0.05, 0.1) is 24.9 Å². The number of ether oxygens (including phenoxy) is 1. The van der Waals surface area contributed by atoms with Crippen molar-refractivity contribution in [1.82, 2.24) is 0 Å². The fraction of sp³-hybridized carbons (Fsp3) is 0.111. The largest absolute Gasteiger partial charge is 0.497 e. The molecule has 1 N–H and O–H groups in total. The Morgan fingerprint density at radius 2 is 1.87 bits per heavy atom. The number of amides is 1. The van der Waals surface area contributed by atoms with E-state index in [-0.39, 0.29) is 11.5 Å². The fourth-order valence-electron chi connectivity index (χ4n) is 2.64. The van der Waals surface area contributed by atoms with Gasteiger partial charge in [0, 0.05) is 11.6 Å². The third kappa shape index (κ3) is 2.81. The van der Waals surface area contributed by atoms with Gasteiger partial charge in [-0.2, -0.15) is 0 Å². The SMILES string of the molecule is COc1ccc(CN2C(=O)C(=CC(=O)O)c3ccccc32)cc1. The first-order valence-corrected chi connectivity index (χ1v) is 7.09. The second-order valence-electron chi connectivity index (χ2n) is 5.15. The van der Waals surface area contributed by atoms with Crippen LogP contribution in [0.5, 0.6) is 5.75 Å². The lowest BCUT2D eigenvalue weighted by atomic mass is 10.1. The summed E-state index contributed by atoms with van der Waals surface area (Å²) in [6.45, 7) is 0.372. The van der Waals surface area contributed by atoms with Crippen LogP contribution in [0.25, 0.3) is 5.57 Å². The molecular formula is C18H15NO4. The monoisotopic (exact) mass is 309 g/mol. The van der Waals surface area contributed by atoms with Crippen molar-refractivity contribution in [3.63, 3.8) is 0 Å². The van der Waals surface area contributed by atoms with E-state index in [9.17, 15) is 9.59 Å². The summed E-state index contributed by atoms with van der Waals surface area (Å²) in [4.78, 5) is 25.2. The molecule has 0 unspecified atom stereocenters. The van der Waals surface area contributed by atoms with Gasteiger partial charge in [-0.1, -0.05) is 30.3 Å². The number of fused-ring (bicyclic) bond motifs is 1. The molecule has 0 atom stereocenters. The van der Waals surface area contributed by atoms with E-state index in [1.807, 2.05) is 36.4 Å². The van der Waals surface area contributed by atoms with E-state index < -0.39 is 5.97 Å². The molecule has 0 saturated carbocycles. The molecule has 0 aliphatic carbocycles. The lowest BCUT2D eigenvalue weighted by Gasteiger charge is -2.17. The topological polar surface area (TPSA) is 66.8 Å². The molecule has 1 amide bonds. The highest BCUT2D eigenvalue weighted by atomic mass is 16.5. The summed E-state index contributed by atoms with van der Waals surface area (Å²) in [5.74, 6) is -0.688. The summed E-state index contributed by atoms with van der Waals surface area (Å²) < 4.78 is 5.12. The number of para-hydroxylation sites is 1. The van der Waals surface area contributed by atoms with Crippen molar-refractivity contribution in [3.05, 3.63) is 65.7 Å². The van der Waals surface area contributed by atoms with E-state index in [4.69, 9.17) is 9.84 Å². The summed E-state index contributed by atoms with van der Waals surface area (Å²) >= 11 is 0. The van der Waals surface area contributed by atoms with E-state index in [0.29, 0.717) is 12.1 Å². The number of aliphatic carboxylic acids is 1. The van der Waals surface area contributed by atoms with Crippen LogP contribution in [0, 0.1) is 0 Å². The van der Waals surface area contributed by atoms with Gasteiger partial charge < -0.3 is 14.7 Å². The van der Waals surface area contributed by atoms with Gasteiger partial charge in [0.1, 0.15) is 5.75 Å². The summed E-state index contributed by atoms with van der Waals surface area (Å²) in [7, 11) is 1.60. The van der Waals surface area contributed by atoms with Gasteiger partial charge in [-0.15, -0.1) is 0 Å². The van der Waals surface area contributed by atoms with Crippen LogP contribution in [0.2, 0.25) is 0 Å². The van der Waals surface area contributed by atoms with Crippen molar-refractivity contribution in [2.45, 2.75) is 6.54 Å². The molecule has 5 nitrogen and oxygen atoms in total. The lowest BCUT2D eigenvalue weighted by molar-refractivity contribution is -0.131. The van der Waals surface area contributed by atoms with Crippen molar-refractivity contribution in [1.29, 1.82) is 0 Å². The van der Waals surface area contributed by atoms with E-state index in [0.717, 1.165) is 23.1 Å². The molecule has 0 saturated heterocycles. The zero-order valence-electron chi connectivity index (χ0n) is 12.5. The number of hydrogen-bond acceptors (Lipinski definition) is 3. The first-order chi connectivity index (χ1) is 11.1. The zero-order chi connectivity index (χ0) is 16.4. The smallest absolute Gasteiger partial charge is 0.329 e. The van der Waals surface area contributed by atoms with Crippen LogP contribution in [-0.2, 0) is 16.1 Å². The molecule has 5 heteroatoms. The number of benzene rings is 2. The molecule has 1 aliphatic rings. The van der Waals surface area contributed by atoms with Gasteiger partial charge >= 0.3 is 5.97 Å². The Kier molecular flexibility index (Phi) is 3.85. The van der Waals surface area contributed by atoms with Crippen LogP contribution in [0.3, 0.4) is 0 Å². The Labute approximate surface area is 133 Å². The summed E-state index contributed by atoms with van der Waals surface area (Å²) in [5.41, 5.74) is 2.52. The highest BCUT2D eigenvalue weighted by Crippen LogP contribution is 2.37. The van der Waals surface area contributed by atoms with E-state index in [2.05, 4.69) is 0 Å². The van der Waals surface area contributed by atoms with Crippen molar-refractivity contribution in [2.75, 3.05) is 12.0 Å². The number of carboxylic acids is 1. The minimum absolute atomic E-state index is 0.210. The average molecular weight is 309 g/mol. The Balaban J connectivity index is 1.96. The highest BCUT2D eigenvalue weighted by molar-refractivity contribution is 6.34. The molecule has 1 aliphatic heterocycles. The van der Waals surface area contributed by atoms with Crippen LogP contribution >= 0.6 is 0 Å². The maximum atomic E-state index is 12.6. The number of methoxy groups -OCH3 is 1. The minimum Gasteiger partial charge on any atom is -0.497 e. The lowest BCUT2D eigenvalue weighted by Crippen LogP contribution is -2.25. The number of carbonyl (C=O) groups is 2. The Morgan fingerprint density at radius 1 is 1.17 bits per heavy atom. The second-order valence-corrected chi connectivity index (χ2v) is 5.15. The van der Waals surface area contributed by atoms with Crippen molar-refractivity contribution in [3.8, 4) is 5.75 Å². The number of nitrogens with zero attached hydrogens (tertiary/aromatic N) is 1. The number of carbonyl (C=O) groups excluding carboxylic acids is 1. The molecule has 23 heavy (non-hydrogen) atoms. The molecule has 116 valence electrons. The quantitative estimate of drug-likeness (QED) is 0.882. The average Bonchev–Trinajstić information content (AvgIpc) is 2.81. The van der Waals surface area contributed by atoms with E-state index in [1.165, 1.54) is 0 Å². The maximum absolute atomic E-state index is 12.6. The molecule has 0 fully saturated rings. The van der Waals surface area contributed by atoms with Gasteiger partial charge in [-0.3, -0.25) is 4.79 Å². The molecule has 0 radical (unpaired) electrons. The van der Waals surface area contributed by atoms with Crippen molar-refractivity contribution >= 4 is 23.1 Å². The van der Waals surface area contributed by atoms with Crippen LogP contribution < -0.4 is 9.64 Å². The van der Waals surface area contributed by atoms with Crippen molar-refractivity contribution in [2.24, 2.45) is 0 Å². The Morgan fingerprint density at radius 3 is 2.52 bits per heavy atom. The third-order valence-electron chi connectivity index (χ3n) is 3.73. The number of carboxylic acid groups (broad SMARTS) is 1. The molecular weight excluding hydrogens is 294 g/mol. The van der Waals surface area contributed by atoms with Gasteiger partial charge in [0.2, 0.25) is 0 Å². The van der Waals surface area contributed by atoms with Crippen LogP contribution in [0.1, 0.15) is 11.1 Å². The fourth-order valence-corrected chi connectivity index (χ4v) is 2.64. The van der Waals surface area contributed by atoms with Gasteiger partial charge in [0.25, 0.3) is 5.91 Å². The summed E-state index contributed by atoms with van der Waals surface area (Å²) in [6, 6.07) is 14.6. The molecule has 3 rings (SSSR count). The predicted molar refractivity (Wildman–Crippen MR) is 86.2 cm³/mol. The number of hydrogen-bond donors (Lipinski definition) is 1. The summed E-state index contributed by atoms with van der Waals surface area (Å²) in [6.07, 6.45) is 0.967. The van der Waals surface area contributed by atoms with Crippen LogP contribution in [0.4, 0.5) is 5.69 Å². The normalized spacial score (nSPS) is 14.9. The van der Waals surface area contributed by atoms with Crippen LogP contribution in [0.15, 0.2) is 54.6 Å². The minimum atomic E-state index is -1.13. The molecule has 2 aromatic rings. The highest BCUT2D eigenvalue weighted by Gasteiger charge is 2.32. The van der Waals surface area contributed by atoms with Crippen LogP contribution in [-0.4, -0.2) is 24.1 Å². The van der Waals surface area contributed by atoms with Gasteiger partial charge in [-0.05, 0) is 23.8 Å².